The number of aliphatic hydroxyl groups excluding tert-OH is 1. The van der Waals surface area contributed by atoms with Crippen LogP contribution in [0.1, 0.15) is 18.1 Å². The number of fused-ring (bicyclic) bond motifs is 1. The van der Waals surface area contributed by atoms with E-state index in [0.29, 0.717) is 5.75 Å². The fraction of sp³-hybridized carbons (Fsp3) is 0.261. The van der Waals surface area contributed by atoms with Crippen molar-refractivity contribution in [3.63, 3.8) is 0 Å². The molecule has 0 amide bonds. The standard InChI is InChI=1S/C23H25N7O4/c1-3-15-6-4-8-18(10-15)34-14-17(31)13-30-19-20(29(2)23(33)27-21(19)32)26-22(30)28-25-12-16-7-5-9-24-11-16/h4-12,17,31H,3,13-14H2,1-2H3,(H,26,28)(H,27,32,33)/b25-12+/t17-/m0/s1. The number of aromatic amines is 1. The number of H-pyrrole nitrogens is 1. The van der Waals surface area contributed by atoms with Gasteiger partial charge >= 0.3 is 5.69 Å². The van der Waals surface area contributed by atoms with Crippen molar-refractivity contribution < 1.29 is 9.84 Å². The first kappa shape index (κ1) is 22.9. The fourth-order valence-corrected chi connectivity index (χ4v) is 3.43. The van der Waals surface area contributed by atoms with Gasteiger partial charge in [-0.2, -0.15) is 10.1 Å². The van der Waals surface area contributed by atoms with Crippen molar-refractivity contribution in [2.45, 2.75) is 26.0 Å². The average Bonchev–Trinajstić information content (AvgIpc) is 3.20. The molecule has 3 heterocycles. The number of hydrogen-bond donors (Lipinski definition) is 3. The summed E-state index contributed by atoms with van der Waals surface area (Å²) in [7, 11) is 1.50. The van der Waals surface area contributed by atoms with E-state index in [1.54, 1.807) is 24.7 Å². The highest BCUT2D eigenvalue weighted by atomic mass is 16.5. The third-order valence-electron chi connectivity index (χ3n) is 5.21. The van der Waals surface area contributed by atoms with E-state index in [-0.39, 0.29) is 30.3 Å². The van der Waals surface area contributed by atoms with E-state index in [2.05, 4.69) is 25.5 Å². The topological polar surface area (TPSA) is 139 Å². The summed E-state index contributed by atoms with van der Waals surface area (Å²) in [5.74, 6) is 0.836. The van der Waals surface area contributed by atoms with Gasteiger partial charge in [-0.15, -0.1) is 0 Å². The SMILES string of the molecule is CCc1cccc(OC[C@@H](O)Cn2c(N/N=C/c3cccnc3)nc3c2c(=O)[nH]c(=O)n3C)c1. The van der Waals surface area contributed by atoms with Gasteiger partial charge < -0.3 is 14.4 Å². The molecular weight excluding hydrogens is 438 g/mol. The first-order chi connectivity index (χ1) is 16.5. The molecule has 0 fully saturated rings. The van der Waals surface area contributed by atoms with Crippen LogP contribution >= 0.6 is 0 Å². The number of hydrogen-bond acceptors (Lipinski definition) is 8. The highest BCUT2D eigenvalue weighted by molar-refractivity contribution is 5.80. The molecular formula is C23H25N7O4. The zero-order valence-corrected chi connectivity index (χ0v) is 18.8. The number of hydrazone groups is 1. The molecule has 4 aromatic rings. The summed E-state index contributed by atoms with van der Waals surface area (Å²) in [6.45, 7) is 2.03. The Hall–Kier alpha value is -4.25. The van der Waals surface area contributed by atoms with Crippen molar-refractivity contribution in [1.82, 2.24) is 24.1 Å². The highest BCUT2D eigenvalue weighted by Gasteiger charge is 2.20. The van der Waals surface area contributed by atoms with Gasteiger partial charge in [-0.1, -0.05) is 25.1 Å². The zero-order valence-electron chi connectivity index (χ0n) is 18.8. The van der Waals surface area contributed by atoms with E-state index in [1.807, 2.05) is 37.3 Å². The molecule has 3 aromatic heterocycles. The minimum Gasteiger partial charge on any atom is -0.491 e. The van der Waals surface area contributed by atoms with Crippen LogP contribution < -0.4 is 21.4 Å². The maximum Gasteiger partial charge on any atom is 0.329 e. The van der Waals surface area contributed by atoms with E-state index in [1.165, 1.54) is 16.2 Å². The number of benzene rings is 1. The number of rotatable bonds is 9. The second-order valence-electron chi connectivity index (χ2n) is 7.66. The Morgan fingerprint density at radius 1 is 1.29 bits per heavy atom. The maximum absolute atomic E-state index is 12.6. The molecule has 0 aliphatic rings. The van der Waals surface area contributed by atoms with Crippen molar-refractivity contribution in [2.75, 3.05) is 12.0 Å². The molecule has 1 aromatic carbocycles. The van der Waals surface area contributed by atoms with Gasteiger partial charge in [0.25, 0.3) is 5.56 Å². The van der Waals surface area contributed by atoms with Crippen LogP contribution in [0.5, 0.6) is 5.75 Å². The van der Waals surface area contributed by atoms with Gasteiger partial charge in [0.05, 0.1) is 12.8 Å². The largest absolute Gasteiger partial charge is 0.491 e. The summed E-state index contributed by atoms with van der Waals surface area (Å²) in [6, 6.07) is 11.2. The maximum atomic E-state index is 12.6. The monoisotopic (exact) mass is 463 g/mol. The molecule has 0 aliphatic carbocycles. The molecule has 176 valence electrons. The average molecular weight is 463 g/mol. The van der Waals surface area contributed by atoms with E-state index < -0.39 is 17.4 Å². The Morgan fingerprint density at radius 3 is 2.91 bits per heavy atom. The second kappa shape index (κ2) is 10.1. The molecule has 0 radical (unpaired) electrons. The van der Waals surface area contributed by atoms with Crippen LogP contribution in [0, 0.1) is 0 Å². The third-order valence-corrected chi connectivity index (χ3v) is 5.21. The van der Waals surface area contributed by atoms with E-state index in [9.17, 15) is 14.7 Å². The summed E-state index contributed by atoms with van der Waals surface area (Å²) in [5, 5.41) is 14.8. The normalized spacial score (nSPS) is 12.3. The Kier molecular flexibility index (Phi) is 6.83. The number of aromatic nitrogens is 5. The number of aryl methyl sites for hydroxylation is 2. The number of nitrogens with one attached hydrogen (secondary N) is 2. The van der Waals surface area contributed by atoms with Crippen molar-refractivity contribution >= 4 is 23.3 Å². The lowest BCUT2D eigenvalue weighted by atomic mass is 10.2. The quantitative estimate of drug-likeness (QED) is 0.251. The number of imidazole rings is 1. The molecule has 0 unspecified atom stereocenters. The highest BCUT2D eigenvalue weighted by Crippen LogP contribution is 2.18. The lowest BCUT2D eigenvalue weighted by Crippen LogP contribution is -2.30. The van der Waals surface area contributed by atoms with E-state index >= 15 is 0 Å². The second-order valence-corrected chi connectivity index (χ2v) is 7.66. The lowest BCUT2D eigenvalue weighted by Gasteiger charge is -2.15. The first-order valence-electron chi connectivity index (χ1n) is 10.7. The number of anilines is 1. The molecule has 11 heteroatoms. The predicted octanol–water partition coefficient (Wildman–Crippen LogP) is 1.27. The number of ether oxygens (including phenoxy) is 1. The molecule has 1 atom stereocenters. The fourth-order valence-electron chi connectivity index (χ4n) is 3.43. The number of pyridine rings is 1. The third kappa shape index (κ3) is 5.04. The molecule has 0 aliphatic heterocycles. The van der Waals surface area contributed by atoms with Crippen LogP contribution in [0.25, 0.3) is 11.2 Å². The molecule has 34 heavy (non-hydrogen) atoms. The minimum atomic E-state index is -0.970. The van der Waals surface area contributed by atoms with Gasteiger partial charge in [-0.3, -0.25) is 19.3 Å². The Balaban J connectivity index is 1.60. The van der Waals surface area contributed by atoms with E-state index in [0.717, 1.165) is 17.5 Å². The van der Waals surface area contributed by atoms with Crippen molar-refractivity contribution in [1.29, 1.82) is 0 Å². The zero-order chi connectivity index (χ0) is 24.1. The Bertz CT molecular complexity index is 1420. The van der Waals surface area contributed by atoms with Crippen LogP contribution in [0.2, 0.25) is 0 Å². The Labute approximate surface area is 194 Å². The molecule has 11 nitrogen and oxygen atoms in total. The van der Waals surface area contributed by atoms with Crippen molar-refractivity contribution in [3.05, 3.63) is 80.8 Å². The van der Waals surface area contributed by atoms with Gasteiger partial charge in [0, 0.05) is 25.0 Å². The lowest BCUT2D eigenvalue weighted by molar-refractivity contribution is 0.0938. The summed E-state index contributed by atoms with van der Waals surface area (Å²) in [5.41, 5.74) is 3.76. The molecule has 0 spiro atoms. The number of nitrogens with zero attached hydrogens (tertiary/aromatic N) is 5. The van der Waals surface area contributed by atoms with Gasteiger partial charge in [0.1, 0.15) is 18.5 Å². The van der Waals surface area contributed by atoms with Gasteiger partial charge in [0.2, 0.25) is 5.95 Å². The molecule has 0 bridgehead atoms. The van der Waals surface area contributed by atoms with Gasteiger partial charge in [0.15, 0.2) is 11.2 Å². The van der Waals surface area contributed by atoms with Crippen molar-refractivity contribution in [3.8, 4) is 5.75 Å². The summed E-state index contributed by atoms with van der Waals surface area (Å²) >= 11 is 0. The predicted molar refractivity (Wildman–Crippen MR) is 128 cm³/mol. The summed E-state index contributed by atoms with van der Waals surface area (Å²) < 4.78 is 8.44. The van der Waals surface area contributed by atoms with Crippen LogP contribution in [-0.4, -0.2) is 48.1 Å². The van der Waals surface area contributed by atoms with Crippen LogP contribution in [-0.2, 0) is 20.0 Å². The molecule has 0 saturated heterocycles. The molecule has 3 N–H and O–H groups in total. The molecule has 0 saturated carbocycles. The van der Waals surface area contributed by atoms with Crippen LogP contribution in [0.4, 0.5) is 5.95 Å². The summed E-state index contributed by atoms with van der Waals surface area (Å²) in [4.78, 5) is 35.3. The Morgan fingerprint density at radius 2 is 2.15 bits per heavy atom. The first-order valence-corrected chi connectivity index (χ1v) is 10.7. The van der Waals surface area contributed by atoms with Gasteiger partial charge in [-0.05, 0) is 30.2 Å². The van der Waals surface area contributed by atoms with E-state index in [4.69, 9.17) is 4.74 Å². The van der Waals surface area contributed by atoms with Crippen LogP contribution in [0.15, 0.2) is 63.5 Å². The smallest absolute Gasteiger partial charge is 0.329 e. The van der Waals surface area contributed by atoms with Crippen LogP contribution in [0.3, 0.4) is 0 Å². The van der Waals surface area contributed by atoms with Crippen molar-refractivity contribution in [2.24, 2.45) is 12.1 Å². The molecule has 4 rings (SSSR count). The minimum absolute atomic E-state index is 0.00506. The number of aliphatic hydroxyl groups is 1. The van der Waals surface area contributed by atoms with Gasteiger partial charge in [-0.25, -0.2) is 10.2 Å². The summed E-state index contributed by atoms with van der Waals surface area (Å²) in [6.07, 6.45) is 4.73.